The second-order valence-electron chi connectivity index (χ2n) is 16.3. The molecule has 0 heterocycles. The quantitative estimate of drug-likeness (QED) is 0.0104. The predicted octanol–water partition coefficient (Wildman–Crippen LogP) is 6.89. The molecule has 364 valence electrons. The third-order valence-electron chi connectivity index (χ3n) is 10.5. The van der Waals surface area contributed by atoms with E-state index >= 15 is 0 Å². The van der Waals surface area contributed by atoms with Gasteiger partial charge in [-0.1, -0.05) is 145 Å². The van der Waals surface area contributed by atoms with Crippen LogP contribution in [0.3, 0.4) is 0 Å². The highest BCUT2D eigenvalue weighted by Gasteiger charge is 2.51. The van der Waals surface area contributed by atoms with Crippen molar-refractivity contribution in [1.29, 1.82) is 0 Å². The van der Waals surface area contributed by atoms with Crippen LogP contribution in [-0.4, -0.2) is 121 Å². The molecule has 3 unspecified atom stereocenters. The third kappa shape index (κ3) is 29.6. The van der Waals surface area contributed by atoms with Crippen molar-refractivity contribution in [3.8, 4) is 0 Å². The van der Waals surface area contributed by atoms with Crippen molar-refractivity contribution in [1.82, 2.24) is 0 Å². The molecule has 1 fully saturated rings. The van der Waals surface area contributed by atoms with Crippen LogP contribution in [0.15, 0.2) is 60.8 Å². The zero-order valence-electron chi connectivity index (χ0n) is 37.8. The van der Waals surface area contributed by atoms with Crippen molar-refractivity contribution in [2.24, 2.45) is 0 Å². The number of ether oxygens (including phenoxy) is 2. The van der Waals surface area contributed by atoms with Gasteiger partial charge < -0.3 is 50.1 Å². The Labute approximate surface area is 376 Å². The second kappa shape index (κ2) is 36.7. The van der Waals surface area contributed by atoms with Gasteiger partial charge in [-0.3, -0.25) is 18.6 Å². The van der Waals surface area contributed by atoms with E-state index in [1.165, 1.54) is 38.5 Å². The van der Waals surface area contributed by atoms with Crippen LogP contribution >= 0.6 is 7.82 Å². The molecule has 0 bridgehead atoms. The Balaban J connectivity index is 2.58. The highest BCUT2D eigenvalue weighted by Crippen LogP contribution is 2.47. The number of carbonyl (C=O) groups is 2. The minimum atomic E-state index is -5.18. The molecule has 0 radical (unpaired) electrons. The summed E-state index contributed by atoms with van der Waals surface area (Å²) in [7, 11) is -5.18. The van der Waals surface area contributed by atoms with E-state index in [2.05, 4.69) is 26.0 Å². The Morgan fingerprint density at radius 2 is 1.05 bits per heavy atom. The number of esters is 2. The summed E-state index contributed by atoms with van der Waals surface area (Å²) < 4.78 is 33.3. The molecule has 0 aliphatic heterocycles. The van der Waals surface area contributed by atoms with Crippen LogP contribution in [0, 0.1) is 0 Å². The summed E-state index contributed by atoms with van der Waals surface area (Å²) in [6.07, 6.45) is 23.3. The Kier molecular flexibility index (Phi) is 34.0. The molecule has 1 aliphatic carbocycles. The molecule has 0 saturated heterocycles. The van der Waals surface area contributed by atoms with Gasteiger partial charge in [0.2, 0.25) is 0 Å². The first-order valence-corrected chi connectivity index (χ1v) is 24.8. The topological polar surface area (TPSA) is 250 Å². The van der Waals surface area contributed by atoms with Crippen molar-refractivity contribution in [2.75, 3.05) is 13.2 Å². The van der Waals surface area contributed by atoms with E-state index in [9.17, 15) is 54.8 Å². The lowest BCUT2D eigenvalue weighted by molar-refractivity contribution is -0.220. The summed E-state index contributed by atoms with van der Waals surface area (Å²) in [6, 6.07) is 0. The summed E-state index contributed by atoms with van der Waals surface area (Å²) in [4.78, 5) is 35.7. The van der Waals surface area contributed by atoms with Crippen LogP contribution in [-0.2, 0) is 32.7 Å². The highest BCUT2D eigenvalue weighted by atomic mass is 31.2. The minimum absolute atomic E-state index is 0.0351. The summed E-state index contributed by atoms with van der Waals surface area (Å²) in [5.41, 5.74) is 0. The van der Waals surface area contributed by atoms with Gasteiger partial charge in [-0.05, 0) is 57.8 Å². The molecule has 0 aromatic carbocycles. The second-order valence-corrected chi connectivity index (χ2v) is 17.7. The normalized spacial score (nSPS) is 23.3. The monoisotopic (exact) mass is 917 g/mol. The molecule has 8 N–H and O–H groups in total. The Hall–Kier alpha value is -2.53. The number of hydrogen-bond acceptors (Lipinski definition) is 14. The number of aliphatic hydroxyl groups is 7. The van der Waals surface area contributed by atoms with Crippen molar-refractivity contribution < 1.29 is 73.3 Å². The summed E-state index contributed by atoms with van der Waals surface area (Å²) >= 11 is 0. The third-order valence-corrected chi connectivity index (χ3v) is 11.5. The molecule has 63 heavy (non-hydrogen) atoms. The fraction of sp³-hybridized carbons (Fsp3) is 0.745. The molecule has 15 nitrogen and oxygen atoms in total. The molecular weight excluding hydrogens is 835 g/mol. The largest absolute Gasteiger partial charge is 0.472 e. The first-order chi connectivity index (χ1) is 30.2. The van der Waals surface area contributed by atoms with Gasteiger partial charge >= 0.3 is 19.8 Å². The van der Waals surface area contributed by atoms with Gasteiger partial charge in [-0.2, -0.15) is 0 Å². The van der Waals surface area contributed by atoms with Gasteiger partial charge in [0.05, 0.1) is 18.8 Å². The molecule has 10 atom stereocenters. The van der Waals surface area contributed by atoms with Gasteiger partial charge in [0, 0.05) is 12.8 Å². The van der Waals surface area contributed by atoms with Crippen molar-refractivity contribution in [3.05, 3.63) is 60.8 Å². The van der Waals surface area contributed by atoms with Crippen LogP contribution in [0.25, 0.3) is 0 Å². The molecule has 1 saturated carbocycles. The lowest BCUT2D eigenvalue weighted by atomic mass is 9.85. The van der Waals surface area contributed by atoms with Crippen LogP contribution in [0.1, 0.15) is 155 Å². The fourth-order valence-electron chi connectivity index (χ4n) is 6.67. The number of phosphoric ester groups is 1. The number of hydrogen-bond donors (Lipinski definition) is 8. The number of unbranched alkanes of at least 4 members (excludes halogenated alkanes) is 13. The van der Waals surface area contributed by atoms with Crippen LogP contribution in [0.2, 0.25) is 0 Å². The molecule has 0 spiro atoms. The lowest BCUT2D eigenvalue weighted by Gasteiger charge is -2.41. The number of phosphoric acid groups is 1. The van der Waals surface area contributed by atoms with Crippen LogP contribution in [0.4, 0.5) is 0 Å². The van der Waals surface area contributed by atoms with E-state index in [1.807, 2.05) is 24.3 Å². The Bertz CT molecular complexity index is 1370. The van der Waals surface area contributed by atoms with E-state index < -0.39 is 87.9 Å². The molecule has 1 rings (SSSR count). The summed E-state index contributed by atoms with van der Waals surface area (Å²) in [5.74, 6) is -1.34. The molecule has 0 aromatic heterocycles. The van der Waals surface area contributed by atoms with Crippen LogP contribution < -0.4 is 0 Å². The van der Waals surface area contributed by atoms with E-state index in [1.54, 1.807) is 24.3 Å². The van der Waals surface area contributed by atoms with E-state index in [0.717, 1.165) is 64.2 Å². The standard InChI is InChI=1S/C47H81O15P/c1-3-5-7-8-9-10-11-12-13-14-15-16-20-23-27-33-41(51)61-39(36-60-63(57,58)62-47-45(55)43(53)42(52)44(54)46(47)56)35-59-40(50)34-28-32-38(49)31-26-22-19-17-18-21-25-30-37(48)29-24-6-4-2/h12-13,18-19,21-22,25-26,30-31,37-39,42-49,52-56H,3-11,14-17,20,23-24,27-29,32-36H2,1-2H3,(H,57,58)/b13-12-,21-18-,22-19-,30-25+,31-26+/t37-,38-,39+,42?,43-,44+,45+,46+,47?/m0/s1. The molecule has 0 aromatic rings. The minimum Gasteiger partial charge on any atom is -0.462 e. The zero-order valence-corrected chi connectivity index (χ0v) is 38.7. The van der Waals surface area contributed by atoms with E-state index in [0.29, 0.717) is 12.8 Å². The van der Waals surface area contributed by atoms with Gasteiger partial charge in [0.25, 0.3) is 0 Å². The molecular formula is C47H81O15P. The maximum atomic E-state index is 12.8. The van der Waals surface area contributed by atoms with E-state index in [4.69, 9.17) is 18.5 Å². The fourth-order valence-corrected chi connectivity index (χ4v) is 7.64. The lowest BCUT2D eigenvalue weighted by Crippen LogP contribution is -2.64. The van der Waals surface area contributed by atoms with Gasteiger partial charge in [-0.25, -0.2) is 4.57 Å². The number of carbonyl (C=O) groups excluding carboxylic acids is 2. The average molecular weight is 917 g/mol. The first-order valence-electron chi connectivity index (χ1n) is 23.3. The summed E-state index contributed by atoms with van der Waals surface area (Å²) in [6.45, 7) is 2.98. The van der Waals surface area contributed by atoms with Gasteiger partial charge in [-0.15, -0.1) is 0 Å². The molecule has 0 amide bonds. The zero-order chi connectivity index (χ0) is 46.7. The number of aliphatic hydroxyl groups excluding tert-OH is 7. The van der Waals surface area contributed by atoms with Gasteiger partial charge in [0.15, 0.2) is 6.10 Å². The smallest absolute Gasteiger partial charge is 0.462 e. The SMILES string of the molecule is CCCCCCCC/C=C\CCCCCCCC(=O)O[C@H](COC(=O)CCC[C@@H](O)/C=C/C=C\C/C=C\C=C\[C@@H](O)CCCCC)COP(=O)(O)OC1[C@H](O)[C@H](O)C(O)[C@H](O)[C@H]1O. The first kappa shape index (κ1) is 58.5. The Morgan fingerprint density at radius 1 is 0.571 bits per heavy atom. The highest BCUT2D eigenvalue weighted by molar-refractivity contribution is 7.47. The summed E-state index contributed by atoms with van der Waals surface area (Å²) in [5, 5.41) is 70.3. The predicted molar refractivity (Wildman–Crippen MR) is 242 cm³/mol. The molecule has 1 aliphatic rings. The van der Waals surface area contributed by atoms with Gasteiger partial charge in [0.1, 0.15) is 43.2 Å². The maximum absolute atomic E-state index is 12.8. The maximum Gasteiger partial charge on any atom is 0.472 e. The molecule has 16 heteroatoms. The number of allylic oxidation sites excluding steroid dienone is 8. The number of rotatable bonds is 37. The van der Waals surface area contributed by atoms with E-state index in [-0.39, 0.29) is 25.7 Å². The Morgan fingerprint density at radius 3 is 1.62 bits per heavy atom. The average Bonchev–Trinajstić information content (AvgIpc) is 3.25. The van der Waals surface area contributed by atoms with Crippen molar-refractivity contribution in [2.45, 2.75) is 210 Å². The van der Waals surface area contributed by atoms with Crippen molar-refractivity contribution in [3.63, 3.8) is 0 Å². The van der Waals surface area contributed by atoms with Crippen molar-refractivity contribution >= 4 is 19.8 Å². The van der Waals surface area contributed by atoms with Crippen LogP contribution in [0.5, 0.6) is 0 Å².